The standard InChI is InChI=1S/C20H23N3O2S/c24-19-9-8-16(22-19)13-23(12-15-6-3-4-10-21-15)20(25)18-11-14-5-1-2-7-17(14)26-18/h3-4,6,10-11,16H,1-2,5,7-9,12-13H2,(H,22,24)/t16-/m0/s1. The van der Waals surface area contributed by atoms with E-state index in [2.05, 4.69) is 16.4 Å². The number of nitrogens with zero attached hydrogens (tertiary/aromatic N) is 2. The number of carbonyl (C=O) groups excluding carboxylic acids is 2. The van der Waals surface area contributed by atoms with Gasteiger partial charge in [-0.2, -0.15) is 0 Å². The molecule has 1 saturated heterocycles. The normalized spacial score (nSPS) is 19.1. The quantitative estimate of drug-likeness (QED) is 0.881. The molecule has 1 aliphatic heterocycles. The summed E-state index contributed by atoms with van der Waals surface area (Å²) in [5.41, 5.74) is 2.21. The molecule has 0 spiro atoms. The Kier molecular flexibility index (Phi) is 5.02. The number of nitrogens with one attached hydrogen (secondary N) is 1. The van der Waals surface area contributed by atoms with Crippen LogP contribution in [0.1, 0.15) is 51.5 Å². The first-order chi connectivity index (χ1) is 12.7. The van der Waals surface area contributed by atoms with Gasteiger partial charge >= 0.3 is 0 Å². The van der Waals surface area contributed by atoms with Crippen molar-refractivity contribution in [1.82, 2.24) is 15.2 Å². The topological polar surface area (TPSA) is 62.3 Å². The van der Waals surface area contributed by atoms with Gasteiger partial charge in [0.2, 0.25) is 5.91 Å². The summed E-state index contributed by atoms with van der Waals surface area (Å²) in [5.74, 6) is 0.128. The van der Waals surface area contributed by atoms with E-state index in [1.807, 2.05) is 23.1 Å². The van der Waals surface area contributed by atoms with Gasteiger partial charge in [0.15, 0.2) is 0 Å². The van der Waals surface area contributed by atoms with Crippen molar-refractivity contribution in [3.8, 4) is 0 Å². The lowest BCUT2D eigenvalue weighted by molar-refractivity contribution is -0.119. The summed E-state index contributed by atoms with van der Waals surface area (Å²) < 4.78 is 0. The molecule has 0 aromatic carbocycles. The molecule has 2 amide bonds. The fraction of sp³-hybridized carbons (Fsp3) is 0.450. The molecule has 1 N–H and O–H groups in total. The Morgan fingerprint density at radius 1 is 1.27 bits per heavy atom. The minimum atomic E-state index is 0.0322. The molecule has 2 aromatic rings. The van der Waals surface area contributed by atoms with E-state index in [1.165, 1.54) is 23.3 Å². The highest BCUT2D eigenvalue weighted by Gasteiger charge is 2.28. The van der Waals surface area contributed by atoms with Crippen molar-refractivity contribution in [3.05, 3.63) is 51.5 Å². The fourth-order valence-electron chi connectivity index (χ4n) is 3.74. The van der Waals surface area contributed by atoms with Gasteiger partial charge in [0.25, 0.3) is 5.91 Å². The first-order valence-corrected chi connectivity index (χ1v) is 10.1. The maximum absolute atomic E-state index is 13.2. The largest absolute Gasteiger partial charge is 0.352 e. The van der Waals surface area contributed by atoms with Gasteiger partial charge in [-0.15, -0.1) is 11.3 Å². The third-order valence-corrected chi connectivity index (χ3v) is 6.32. The van der Waals surface area contributed by atoms with E-state index in [9.17, 15) is 9.59 Å². The monoisotopic (exact) mass is 369 g/mol. The number of amides is 2. The molecule has 5 nitrogen and oxygen atoms in total. The summed E-state index contributed by atoms with van der Waals surface area (Å²) in [6.45, 7) is 0.998. The lowest BCUT2D eigenvalue weighted by Crippen LogP contribution is -2.41. The van der Waals surface area contributed by atoms with Gasteiger partial charge in [-0.25, -0.2) is 0 Å². The van der Waals surface area contributed by atoms with Gasteiger partial charge in [-0.3, -0.25) is 14.6 Å². The predicted octanol–water partition coefficient (Wildman–Crippen LogP) is 2.94. The minimum Gasteiger partial charge on any atom is -0.352 e. The van der Waals surface area contributed by atoms with Crippen molar-refractivity contribution in [2.75, 3.05) is 6.54 Å². The van der Waals surface area contributed by atoms with E-state index < -0.39 is 0 Å². The first-order valence-electron chi connectivity index (χ1n) is 9.29. The molecule has 0 saturated carbocycles. The molecule has 26 heavy (non-hydrogen) atoms. The summed E-state index contributed by atoms with van der Waals surface area (Å²) in [6.07, 6.45) is 7.68. The summed E-state index contributed by atoms with van der Waals surface area (Å²) in [7, 11) is 0. The lowest BCUT2D eigenvalue weighted by Gasteiger charge is -2.25. The molecule has 1 fully saturated rings. The Labute approximate surface area is 157 Å². The van der Waals surface area contributed by atoms with Crippen molar-refractivity contribution >= 4 is 23.2 Å². The molecule has 2 aliphatic rings. The van der Waals surface area contributed by atoms with Crippen molar-refractivity contribution < 1.29 is 9.59 Å². The number of aryl methyl sites for hydroxylation is 2. The zero-order valence-electron chi connectivity index (χ0n) is 14.7. The van der Waals surface area contributed by atoms with E-state index in [0.717, 1.165) is 29.8 Å². The molecule has 0 unspecified atom stereocenters. The minimum absolute atomic E-state index is 0.0322. The summed E-state index contributed by atoms with van der Waals surface area (Å²) in [5, 5.41) is 2.98. The average Bonchev–Trinajstić information content (AvgIpc) is 3.27. The number of thiophene rings is 1. The number of aromatic nitrogens is 1. The molecular formula is C20H23N3O2S. The number of hydrogen-bond acceptors (Lipinski definition) is 4. The molecule has 1 aliphatic carbocycles. The second-order valence-corrected chi connectivity index (χ2v) is 8.21. The average molecular weight is 369 g/mol. The highest BCUT2D eigenvalue weighted by atomic mass is 32.1. The number of fused-ring (bicyclic) bond motifs is 1. The van der Waals surface area contributed by atoms with E-state index >= 15 is 0 Å². The van der Waals surface area contributed by atoms with E-state index in [-0.39, 0.29) is 17.9 Å². The number of rotatable bonds is 5. The van der Waals surface area contributed by atoms with Crippen LogP contribution in [0.25, 0.3) is 0 Å². The van der Waals surface area contributed by atoms with Crippen LogP contribution < -0.4 is 5.32 Å². The SMILES string of the molecule is O=C1CC[C@@H](CN(Cc2ccccn2)C(=O)c2cc3c(s2)CCCC3)N1. The van der Waals surface area contributed by atoms with Crippen LogP contribution in [0.3, 0.4) is 0 Å². The van der Waals surface area contributed by atoms with Crippen molar-refractivity contribution in [1.29, 1.82) is 0 Å². The van der Waals surface area contributed by atoms with Gasteiger partial charge in [0, 0.05) is 30.1 Å². The Morgan fingerprint density at radius 3 is 2.88 bits per heavy atom. The summed E-state index contributed by atoms with van der Waals surface area (Å²) in [4.78, 5) is 33.2. The van der Waals surface area contributed by atoms with E-state index in [0.29, 0.717) is 19.5 Å². The molecular weight excluding hydrogens is 346 g/mol. The van der Waals surface area contributed by atoms with Crippen LogP contribution in [0, 0.1) is 0 Å². The van der Waals surface area contributed by atoms with Gasteiger partial charge in [0.1, 0.15) is 0 Å². The Hall–Kier alpha value is -2.21. The number of hydrogen-bond donors (Lipinski definition) is 1. The predicted molar refractivity (Wildman–Crippen MR) is 101 cm³/mol. The lowest BCUT2D eigenvalue weighted by atomic mass is 9.99. The van der Waals surface area contributed by atoms with Gasteiger partial charge in [-0.1, -0.05) is 6.07 Å². The van der Waals surface area contributed by atoms with Gasteiger partial charge in [0.05, 0.1) is 17.1 Å². The van der Waals surface area contributed by atoms with Crippen LogP contribution in [-0.4, -0.2) is 34.3 Å². The Balaban J connectivity index is 1.55. The third-order valence-electron chi connectivity index (χ3n) is 5.10. The van der Waals surface area contributed by atoms with Crippen molar-refractivity contribution in [3.63, 3.8) is 0 Å². The zero-order valence-corrected chi connectivity index (χ0v) is 15.6. The second kappa shape index (κ2) is 7.58. The molecule has 2 aromatic heterocycles. The van der Waals surface area contributed by atoms with Crippen molar-refractivity contribution in [2.24, 2.45) is 0 Å². The summed E-state index contributed by atoms with van der Waals surface area (Å²) in [6, 6.07) is 7.86. The molecule has 3 heterocycles. The number of carbonyl (C=O) groups is 2. The van der Waals surface area contributed by atoms with Crippen LogP contribution >= 0.6 is 11.3 Å². The Bertz CT molecular complexity index is 779. The highest BCUT2D eigenvalue weighted by molar-refractivity contribution is 7.14. The van der Waals surface area contributed by atoms with Gasteiger partial charge < -0.3 is 10.2 Å². The van der Waals surface area contributed by atoms with Crippen LogP contribution in [0.15, 0.2) is 30.5 Å². The summed E-state index contributed by atoms with van der Waals surface area (Å²) >= 11 is 1.64. The molecule has 0 radical (unpaired) electrons. The van der Waals surface area contributed by atoms with Crippen LogP contribution in [0.4, 0.5) is 0 Å². The van der Waals surface area contributed by atoms with E-state index in [4.69, 9.17) is 0 Å². The van der Waals surface area contributed by atoms with Gasteiger partial charge in [-0.05, 0) is 55.9 Å². The maximum atomic E-state index is 13.2. The smallest absolute Gasteiger partial charge is 0.264 e. The Morgan fingerprint density at radius 2 is 2.15 bits per heavy atom. The fourth-order valence-corrected chi connectivity index (χ4v) is 4.96. The van der Waals surface area contributed by atoms with Crippen molar-refractivity contribution in [2.45, 2.75) is 51.1 Å². The number of pyridine rings is 1. The van der Waals surface area contributed by atoms with Crippen LogP contribution in [-0.2, 0) is 24.2 Å². The highest BCUT2D eigenvalue weighted by Crippen LogP contribution is 2.30. The molecule has 1 atom stereocenters. The molecule has 4 rings (SSSR count). The molecule has 6 heteroatoms. The first kappa shape index (κ1) is 17.2. The zero-order chi connectivity index (χ0) is 17.9. The third kappa shape index (κ3) is 3.80. The maximum Gasteiger partial charge on any atom is 0.264 e. The second-order valence-electron chi connectivity index (χ2n) is 7.08. The molecule has 136 valence electrons. The van der Waals surface area contributed by atoms with Crippen LogP contribution in [0.5, 0.6) is 0 Å². The molecule has 0 bridgehead atoms. The van der Waals surface area contributed by atoms with E-state index in [1.54, 1.807) is 17.5 Å². The van der Waals surface area contributed by atoms with Crippen LogP contribution in [0.2, 0.25) is 0 Å².